The summed E-state index contributed by atoms with van der Waals surface area (Å²) in [5.74, 6) is -0.691. The van der Waals surface area contributed by atoms with Crippen molar-refractivity contribution < 1.29 is 19.1 Å². The van der Waals surface area contributed by atoms with Crippen molar-refractivity contribution in [1.82, 2.24) is 15.5 Å². The largest absolute Gasteiger partial charge is 0.383 e. The van der Waals surface area contributed by atoms with Crippen LogP contribution >= 0.6 is 11.8 Å². The number of hydrogen-bond acceptors (Lipinski definition) is 5. The Morgan fingerprint density at radius 1 is 1.30 bits per heavy atom. The summed E-state index contributed by atoms with van der Waals surface area (Å²) in [5.41, 5.74) is 1.60. The number of ether oxygens (including phenoxy) is 1. The Hall–Kier alpha value is -2.06. The highest BCUT2D eigenvalue weighted by atomic mass is 32.2. The van der Waals surface area contributed by atoms with Crippen LogP contribution in [0.4, 0.5) is 0 Å². The van der Waals surface area contributed by atoms with Gasteiger partial charge in [0.15, 0.2) is 0 Å². The Balaban J connectivity index is 1.82. The van der Waals surface area contributed by atoms with Gasteiger partial charge in [-0.1, -0.05) is 38.5 Å². The van der Waals surface area contributed by atoms with E-state index in [0.717, 1.165) is 12.0 Å². The highest BCUT2D eigenvalue weighted by Gasteiger charge is 2.57. The number of nitrogens with zero attached hydrogens (tertiary/aromatic N) is 1. The topological polar surface area (TPSA) is 87.7 Å². The second-order valence-corrected chi connectivity index (χ2v) is 10.2. The van der Waals surface area contributed by atoms with Crippen LogP contribution in [0.15, 0.2) is 24.3 Å². The Labute approximate surface area is 182 Å². The van der Waals surface area contributed by atoms with Crippen LogP contribution in [0.3, 0.4) is 0 Å². The molecule has 7 nitrogen and oxygen atoms in total. The molecule has 1 aromatic rings. The zero-order chi connectivity index (χ0) is 22.1. The van der Waals surface area contributed by atoms with Crippen molar-refractivity contribution in [1.29, 1.82) is 0 Å². The van der Waals surface area contributed by atoms with Crippen molar-refractivity contribution in [2.75, 3.05) is 20.3 Å². The van der Waals surface area contributed by atoms with Crippen LogP contribution in [-0.2, 0) is 14.3 Å². The van der Waals surface area contributed by atoms with Crippen molar-refractivity contribution >= 4 is 29.5 Å². The lowest BCUT2D eigenvalue weighted by Crippen LogP contribution is -2.58. The minimum atomic E-state index is -0.667. The molecule has 0 aromatic heterocycles. The van der Waals surface area contributed by atoms with Crippen LogP contribution in [-0.4, -0.2) is 59.7 Å². The first-order valence-electron chi connectivity index (χ1n) is 10.4. The minimum absolute atomic E-state index is 0.0454. The Morgan fingerprint density at radius 2 is 2.00 bits per heavy atom. The molecule has 4 atom stereocenters. The van der Waals surface area contributed by atoms with Crippen LogP contribution in [0.25, 0.3) is 0 Å². The summed E-state index contributed by atoms with van der Waals surface area (Å²) in [5, 5.41) is 5.59. The van der Waals surface area contributed by atoms with Gasteiger partial charge in [0.1, 0.15) is 17.5 Å². The molecule has 1 aromatic carbocycles. The van der Waals surface area contributed by atoms with Gasteiger partial charge in [0.2, 0.25) is 11.8 Å². The van der Waals surface area contributed by atoms with Crippen LogP contribution < -0.4 is 10.6 Å². The molecular formula is C22H31N3O4S. The lowest BCUT2D eigenvalue weighted by Gasteiger charge is -2.32. The van der Waals surface area contributed by atoms with Crippen LogP contribution in [0, 0.1) is 5.92 Å². The third kappa shape index (κ3) is 4.07. The Bertz CT molecular complexity index is 828. The standard InChI is InChI=1S/C22H31N3O4S/c1-6-13(2)16(18(26)23-11-12-29-5)24-19(27)17-22(3,4)30-21-15-10-8-7-9-14(15)20(28)25(17)21/h7-10,13,16-17,21H,6,11-12H2,1-5H3,(H,23,26)(H,24,27)/t13-,16-,17+,21+/m0/s1. The summed E-state index contributed by atoms with van der Waals surface area (Å²) in [4.78, 5) is 41.0. The number of rotatable bonds is 8. The SMILES string of the molecule is CC[C@H](C)[C@H](NC(=O)[C@H]1N2C(=O)c3ccccc3[C@H]2SC1(C)C)C(=O)NCCOC. The molecule has 0 aliphatic carbocycles. The maximum Gasteiger partial charge on any atom is 0.256 e. The number of thioether (sulfide) groups is 1. The van der Waals surface area contributed by atoms with E-state index >= 15 is 0 Å². The van der Waals surface area contributed by atoms with Crippen LogP contribution in [0.2, 0.25) is 0 Å². The molecule has 2 aliphatic heterocycles. The number of fused-ring (bicyclic) bond motifs is 3. The number of benzene rings is 1. The van der Waals surface area contributed by atoms with Crippen molar-refractivity contribution in [3.8, 4) is 0 Å². The normalized spacial score (nSPS) is 23.5. The maximum atomic E-state index is 13.4. The molecule has 164 valence electrons. The predicted octanol–water partition coefficient (Wildman–Crippen LogP) is 2.33. The molecule has 1 saturated heterocycles. The third-order valence-electron chi connectivity index (χ3n) is 5.94. The third-order valence-corrected chi connectivity index (χ3v) is 7.48. The van der Waals surface area contributed by atoms with Gasteiger partial charge in [0.05, 0.1) is 6.61 Å². The number of hydrogen-bond donors (Lipinski definition) is 2. The van der Waals surface area contributed by atoms with Crippen molar-refractivity contribution in [2.24, 2.45) is 5.92 Å². The lowest BCUT2D eigenvalue weighted by atomic mass is 9.95. The first-order chi connectivity index (χ1) is 14.2. The van der Waals surface area contributed by atoms with E-state index in [1.807, 2.05) is 52.0 Å². The number of methoxy groups -OCH3 is 1. The maximum absolute atomic E-state index is 13.4. The van der Waals surface area contributed by atoms with Gasteiger partial charge >= 0.3 is 0 Å². The smallest absolute Gasteiger partial charge is 0.256 e. The molecular weight excluding hydrogens is 402 g/mol. The van der Waals surface area contributed by atoms with Crippen molar-refractivity contribution in [3.05, 3.63) is 35.4 Å². The molecule has 3 amide bonds. The summed E-state index contributed by atoms with van der Waals surface area (Å²) in [7, 11) is 1.57. The van der Waals surface area contributed by atoms with Gasteiger partial charge in [0, 0.05) is 24.0 Å². The van der Waals surface area contributed by atoms with E-state index in [-0.39, 0.29) is 29.0 Å². The summed E-state index contributed by atoms with van der Waals surface area (Å²) < 4.78 is 4.51. The number of amides is 3. The van der Waals surface area contributed by atoms with Crippen molar-refractivity contribution in [3.63, 3.8) is 0 Å². The fourth-order valence-corrected chi connectivity index (χ4v) is 5.71. The van der Waals surface area contributed by atoms with E-state index in [9.17, 15) is 14.4 Å². The fourth-order valence-electron chi connectivity index (χ4n) is 4.12. The van der Waals surface area contributed by atoms with Gasteiger partial charge in [-0.15, -0.1) is 11.8 Å². The van der Waals surface area contributed by atoms with Crippen molar-refractivity contribution in [2.45, 2.75) is 56.3 Å². The van der Waals surface area contributed by atoms with Crippen LogP contribution in [0.1, 0.15) is 55.4 Å². The van der Waals surface area contributed by atoms with Gasteiger partial charge in [-0.2, -0.15) is 0 Å². The quantitative estimate of drug-likeness (QED) is 0.615. The molecule has 3 rings (SSSR count). The molecule has 0 saturated carbocycles. The highest BCUT2D eigenvalue weighted by Crippen LogP contribution is 2.56. The summed E-state index contributed by atoms with van der Waals surface area (Å²) >= 11 is 1.61. The second kappa shape index (κ2) is 8.98. The molecule has 8 heteroatoms. The van der Waals surface area contributed by atoms with Gasteiger partial charge < -0.3 is 20.3 Å². The van der Waals surface area contributed by atoms with E-state index in [0.29, 0.717) is 18.7 Å². The van der Waals surface area contributed by atoms with Crippen LogP contribution in [0.5, 0.6) is 0 Å². The summed E-state index contributed by atoms with van der Waals surface area (Å²) in [6.07, 6.45) is 0.738. The Kier molecular flexibility index (Phi) is 6.77. The minimum Gasteiger partial charge on any atom is -0.383 e. The Morgan fingerprint density at radius 3 is 2.67 bits per heavy atom. The molecule has 2 heterocycles. The zero-order valence-corrected chi connectivity index (χ0v) is 19.0. The van der Waals surface area contributed by atoms with E-state index in [1.165, 1.54) is 0 Å². The van der Waals surface area contributed by atoms with E-state index < -0.39 is 16.8 Å². The lowest BCUT2D eigenvalue weighted by molar-refractivity contribution is -0.133. The van der Waals surface area contributed by atoms with Gasteiger partial charge in [-0.25, -0.2) is 0 Å². The molecule has 1 fully saturated rings. The molecule has 30 heavy (non-hydrogen) atoms. The fraction of sp³-hybridized carbons (Fsp3) is 0.591. The van der Waals surface area contributed by atoms with E-state index in [1.54, 1.807) is 23.8 Å². The van der Waals surface area contributed by atoms with Gasteiger partial charge in [0.25, 0.3) is 5.91 Å². The zero-order valence-electron chi connectivity index (χ0n) is 18.2. The number of carbonyl (C=O) groups excluding carboxylic acids is 3. The molecule has 2 N–H and O–H groups in total. The average Bonchev–Trinajstić information content (AvgIpc) is 3.15. The number of nitrogens with one attached hydrogen (secondary N) is 2. The summed E-state index contributed by atoms with van der Waals surface area (Å²) in [6, 6.07) is 6.19. The molecule has 0 spiro atoms. The first kappa shape index (κ1) is 22.6. The first-order valence-corrected chi connectivity index (χ1v) is 11.3. The monoisotopic (exact) mass is 433 g/mol. The van der Waals surface area contributed by atoms with E-state index in [4.69, 9.17) is 4.74 Å². The average molecular weight is 434 g/mol. The van der Waals surface area contributed by atoms with Gasteiger partial charge in [-0.3, -0.25) is 14.4 Å². The molecule has 0 bridgehead atoms. The highest BCUT2D eigenvalue weighted by molar-refractivity contribution is 8.01. The van der Waals surface area contributed by atoms with E-state index in [2.05, 4.69) is 10.6 Å². The molecule has 2 aliphatic rings. The predicted molar refractivity (Wildman–Crippen MR) is 117 cm³/mol. The second-order valence-electron chi connectivity index (χ2n) is 8.43. The molecule has 0 radical (unpaired) electrons. The molecule has 0 unspecified atom stereocenters. The number of carbonyl (C=O) groups is 3. The summed E-state index contributed by atoms with van der Waals surface area (Å²) in [6.45, 7) is 8.67. The van der Waals surface area contributed by atoms with Gasteiger partial charge in [-0.05, 0) is 31.4 Å².